The van der Waals surface area contributed by atoms with E-state index in [4.69, 9.17) is 9.15 Å². The van der Waals surface area contributed by atoms with Crippen molar-refractivity contribution >= 4 is 17.3 Å². The summed E-state index contributed by atoms with van der Waals surface area (Å²) >= 11 is 0. The summed E-state index contributed by atoms with van der Waals surface area (Å²) in [4.78, 5) is 10.8. The second-order valence-electron chi connectivity index (χ2n) is 6.12. The maximum atomic E-state index is 12.0. The van der Waals surface area contributed by atoms with Gasteiger partial charge in [-0.2, -0.15) is 13.2 Å². The minimum absolute atomic E-state index is 0.226. The molecule has 0 unspecified atom stereocenters. The summed E-state index contributed by atoms with van der Waals surface area (Å²) in [5.41, 5.74) is 0.624. The number of unbranched alkanes of at least 4 members (excludes halogenated alkanes) is 6. The number of carbonyl (C=O) groups excluding carboxylic acids is 1. The largest absolute Gasteiger partial charge is 0.493 e. The van der Waals surface area contributed by atoms with E-state index in [9.17, 15) is 18.0 Å². The third kappa shape index (κ3) is 6.80. The van der Waals surface area contributed by atoms with Gasteiger partial charge in [0.15, 0.2) is 12.0 Å². The van der Waals surface area contributed by atoms with Crippen LogP contribution in [-0.2, 0) is 0 Å². The van der Waals surface area contributed by atoms with E-state index in [1.54, 1.807) is 12.1 Å². The molecular weight excluding hydrogens is 333 g/mol. The minimum atomic E-state index is -4.03. The second-order valence-corrected chi connectivity index (χ2v) is 6.12. The molecule has 6 heteroatoms. The molecule has 1 heterocycles. The fourth-order valence-electron chi connectivity index (χ4n) is 2.73. The molecule has 1 aromatic heterocycles. The Morgan fingerprint density at radius 1 is 1.00 bits per heavy atom. The highest BCUT2D eigenvalue weighted by molar-refractivity contribution is 5.89. The fourth-order valence-corrected chi connectivity index (χ4v) is 2.73. The third-order valence-electron chi connectivity index (χ3n) is 4.02. The van der Waals surface area contributed by atoms with Crippen LogP contribution in [0.5, 0.6) is 5.75 Å². The van der Waals surface area contributed by atoms with Gasteiger partial charge in [0.05, 0.1) is 12.0 Å². The lowest BCUT2D eigenvalue weighted by molar-refractivity contribution is -0.135. The monoisotopic (exact) mass is 356 g/mol. The van der Waals surface area contributed by atoms with E-state index in [2.05, 4.69) is 0 Å². The van der Waals surface area contributed by atoms with Gasteiger partial charge in [-0.25, -0.2) is 0 Å². The van der Waals surface area contributed by atoms with Crippen LogP contribution in [-0.4, -0.2) is 19.1 Å². The summed E-state index contributed by atoms with van der Waals surface area (Å²) in [6.07, 6.45) is 1.50. The van der Waals surface area contributed by atoms with Crippen LogP contribution in [0.15, 0.2) is 28.7 Å². The molecule has 1 aromatic carbocycles. The fraction of sp³-hybridized carbons (Fsp3) is 0.526. The first-order valence-corrected chi connectivity index (χ1v) is 8.67. The van der Waals surface area contributed by atoms with Crippen LogP contribution in [0.2, 0.25) is 0 Å². The number of halogens is 3. The standard InChI is InChI=1S/C19H23F3O3/c20-19(21,22)11-6-4-2-1-3-5-7-12-24-17-9-8-10-18-16(17)13-15(14-23)25-18/h8-10,13-14H,1-7,11-12H2. The molecule has 0 amide bonds. The van der Waals surface area contributed by atoms with Crippen molar-refractivity contribution in [1.29, 1.82) is 0 Å². The van der Waals surface area contributed by atoms with Gasteiger partial charge in [-0.1, -0.05) is 38.2 Å². The minimum Gasteiger partial charge on any atom is -0.493 e. The zero-order chi connectivity index (χ0) is 18.1. The normalized spacial score (nSPS) is 11.8. The predicted octanol–water partition coefficient (Wildman–Crippen LogP) is 6.31. The smallest absolute Gasteiger partial charge is 0.389 e. The van der Waals surface area contributed by atoms with Gasteiger partial charge < -0.3 is 9.15 Å². The molecule has 0 aliphatic heterocycles. The molecule has 0 atom stereocenters. The summed E-state index contributed by atoms with van der Waals surface area (Å²) in [5.74, 6) is 0.970. The van der Waals surface area contributed by atoms with Gasteiger partial charge in [0.1, 0.15) is 11.3 Å². The molecule has 2 rings (SSSR count). The lowest BCUT2D eigenvalue weighted by Crippen LogP contribution is -2.06. The average molecular weight is 356 g/mol. The lowest BCUT2D eigenvalue weighted by atomic mass is 10.1. The number of furan rings is 1. The van der Waals surface area contributed by atoms with Crippen LogP contribution in [0.3, 0.4) is 0 Å². The summed E-state index contributed by atoms with van der Waals surface area (Å²) < 4.78 is 47.1. The van der Waals surface area contributed by atoms with E-state index in [1.165, 1.54) is 0 Å². The van der Waals surface area contributed by atoms with Crippen LogP contribution < -0.4 is 4.74 Å². The third-order valence-corrected chi connectivity index (χ3v) is 4.02. The number of benzene rings is 1. The van der Waals surface area contributed by atoms with Gasteiger partial charge in [0.25, 0.3) is 0 Å². The Morgan fingerprint density at radius 3 is 2.36 bits per heavy atom. The SMILES string of the molecule is O=Cc1cc2c(OCCCCCCCCCC(F)(F)F)cccc2o1. The van der Waals surface area contributed by atoms with Crippen LogP contribution in [0.25, 0.3) is 11.0 Å². The Hall–Kier alpha value is -1.98. The molecule has 0 spiro atoms. The molecule has 0 N–H and O–H groups in total. The van der Waals surface area contributed by atoms with Crippen molar-refractivity contribution < 1.29 is 27.1 Å². The first-order valence-electron chi connectivity index (χ1n) is 8.67. The van der Waals surface area contributed by atoms with E-state index in [-0.39, 0.29) is 12.2 Å². The molecule has 0 saturated heterocycles. The molecule has 0 saturated carbocycles. The summed E-state index contributed by atoms with van der Waals surface area (Å²) in [5, 5.41) is 0.786. The zero-order valence-electron chi connectivity index (χ0n) is 14.1. The highest BCUT2D eigenvalue weighted by atomic mass is 19.4. The van der Waals surface area contributed by atoms with E-state index >= 15 is 0 Å². The van der Waals surface area contributed by atoms with Crippen LogP contribution in [0, 0.1) is 0 Å². The van der Waals surface area contributed by atoms with Gasteiger partial charge in [0.2, 0.25) is 0 Å². The molecule has 3 nitrogen and oxygen atoms in total. The Bertz CT molecular complexity index is 661. The molecular formula is C19H23F3O3. The van der Waals surface area contributed by atoms with Gasteiger partial charge >= 0.3 is 6.18 Å². The van der Waals surface area contributed by atoms with Crippen LogP contribution in [0.1, 0.15) is 61.9 Å². The zero-order valence-corrected chi connectivity index (χ0v) is 14.1. The Labute approximate surface area is 145 Å². The number of fused-ring (bicyclic) bond motifs is 1. The van der Waals surface area contributed by atoms with Gasteiger partial charge in [-0.15, -0.1) is 0 Å². The number of carbonyl (C=O) groups is 1. The summed E-state index contributed by atoms with van der Waals surface area (Å²) in [6.45, 7) is 0.564. The summed E-state index contributed by atoms with van der Waals surface area (Å²) in [7, 11) is 0. The van der Waals surface area contributed by atoms with Gasteiger partial charge in [-0.05, 0) is 31.0 Å². The van der Waals surface area contributed by atoms with Gasteiger partial charge in [0, 0.05) is 6.42 Å². The molecule has 0 radical (unpaired) electrons. The van der Waals surface area contributed by atoms with E-state index in [1.807, 2.05) is 12.1 Å². The molecule has 0 bridgehead atoms. The highest BCUT2D eigenvalue weighted by Gasteiger charge is 2.25. The quantitative estimate of drug-likeness (QED) is 0.350. The maximum Gasteiger partial charge on any atom is 0.389 e. The van der Waals surface area contributed by atoms with Crippen molar-refractivity contribution in [3.63, 3.8) is 0 Å². The number of ether oxygens (including phenoxy) is 1. The van der Waals surface area contributed by atoms with Crippen molar-refractivity contribution in [3.8, 4) is 5.75 Å². The van der Waals surface area contributed by atoms with Crippen molar-refractivity contribution in [2.75, 3.05) is 6.61 Å². The molecule has 0 aliphatic carbocycles. The van der Waals surface area contributed by atoms with Crippen molar-refractivity contribution in [1.82, 2.24) is 0 Å². The Kier molecular flexibility index (Phi) is 7.34. The van der Waals surface area contributed by atoms with Crippen molar-refractivity contribution in [2.45, 2.75) is 57.5 Å². The number of rotatable bonds is 11. The first-order chi connectivity index (χ1) is 12.0. The lowest BCUT2D eigenvalue weighted by Gasteiger charge is -2.07. The molecule has 25 heavy (non-hydrogen) atoms. The second kappa shape index (κ2) is 9.49. The first kappa shape index (κ1) is 19.3. The van der Waals surface area contributed by atoms with E-state index < -0.39 is 12.6 Å². The Balaban J connectivity index is 1.58. The van der Waals surface area contributed by atoms with Crippen molar-refractivity contribution in [2.24, 2.45) is 0 Å². The number of alkyl halides is 3. The molecule has 0 aliphatic rings. The highest BCUT2D eigenvalue weighted by Crippen LogP contribution is 2.28. The van der Waals surface area contributed by atoms with E-state index in [0.29, 0.717) is 30.6 Å². The molecule has 138 valence electrons. The summed E-state index contributed by atoms with van der Waals surface area (Å²) in [6, 6.07) is 7.11. The average Bonchev–Trinajstić information content (AvgIpc) is 2.99. The number of hydrogen-bond donors (Lipinski definition) is 0. The van der Waals surface area contributed by atoms with E-state index in [0.717, 1.165) is 37.5 Å². The van der Waals surface area contributed by atoms with Crippen LogP contribution >= 0.6 is 0 Å². The topological polar surface area (TPSA) is 39.4 Å². The van der Waals surface area contributed by atoms with Crippen molar-refractivity contribution in [3.05, 3.63) is 30.0 Å². The van der Waals surface area contributed by atoms with Gasteiger partial charge in [-0.3, -0.25) is 4.79 Å². The Morgan fingerprint density at radius 2 is 1.68 bits per heavy atom. The van der Waals surface area contributed by atoms with Crippen LogP contribution in [0.4, 0.5) is 13.2 Å². The molecule has 2 aromatic rings. The number of aldehydes is 1. The molecule has 0 fully saturated rings. The maximum absolute atomic E-state index is 12.0. The predicted molar refractivity (Wildman–Crippen MR) is 90.1 cm³/mol. The number of hydrogen-bond acceptors (Lipinski definition) is 3.